The van der Waals surface area contributed by atoms with Crippen LogP contribution in [0.25, 0.3) is 5.69 Å². The van der Waals surface area contributed by atoms with Gasteiger partial charge in [0.2, 0.25) is 5.91 Å². The maximum atomic E-state index is 12.3. The highest BCUT2D eigenvalue weighted by Crippen LogP contribution is 2.25. The van der Waals surface area contributed by atoms with Crippen molar-refractivity contribution in [3.05, 3.63) is 76.1 Å². The first-order valence-corrected chi connectivity index (χ1v) is 8.90. The fourth-order valence-electron chi connectivity index (χ4n) is 2.70. The Morgan fingerprint density at radius 2 is 2.00 bits per heavy atom. The number of aromatic nitrogens is 2. The number of ether oxygens (including phenoxy) is 1. The predicted molar refractivity (Wildman–Crippen MR) is 109 cm³/mol. The number of carbonyl (C=O) groups is 2. The number of amides is 2. The molecule has 0 bridgehead atoms. The van der Waals surface area contributed by atoms with Crippen molar-refractivity contribution in [3.8, 4) is 11.4 Å². The first-order chi connectivity index (χ1) is 14.4. The SMILES string of the molecule is COc1ccc(C)cc1NC(=O)CNC(=O)c1ccn(-c2cccc([N+](=O)[O-])c2)n1. The molecule has 0 fully saturated rings. The van der Waals surface area contributed by atoms with E-state index in [4.69, 9.17) is 4.74 Å². The van der Waals surface area contributed by atoms with Crippen LogP contribution in [0.15, 0.2) is 54.7 Å². The number of nitrogens with zero attached hydrogens (tertiary/aromatic N) is 3. The number of aryl methyl sites for hydroxylation is 1. The van der Waals surface area contributed by atoms with Crippen molar-refractivity contribution in [2.45, 2.75) is 6.92 Å². The van der Waals surface area contributed by atoms with Crippen LogP contribution in [-0.2, 0) is 4.79 Å². The highest BCUT2D eigenvalue weighted by Gasteiger charge is 2.14. The van der Waals surface area contributed by atoms with Crippen LogP contribution in [0.4, 0.5) is 11.4 Å². The van der Waals surface area contributed by atoms with Crippen molar-refractivity contribution in [2.75, 3.05) is 19.0 Å². The predicted octanol–water partition coefficient (Wildman–Crippen LogP) is 2.47. The maximum absolute atomic E-state index is 12.3. The van der Waals surface area contributed by atoms with Crippen molar-refractivity contribution >= 4 is 23.2 Å². The van der Waals surface area contributed by atoms with Crippen LogP contribution in [0.5, 0.6) is 5.75 Å². The van der Waals surface area contributed by atoms with Gasteiger partial charge in [0, 0.05) is 18.3 Å². The normalized spacial score (nSPS) is 10.3. The molecule has 0 aliphatic heterocycles. The molecule has 2 aromatic carbocycles. The summed E-state index contributed by atoms with van der Waals surface area (Å²) >= 11 is 0. The number of hydrogen-bond acceptors (Lipinski definition) is 6. The van der Waals surface area contributed by atoms with Gasteiger partial charge in [-0.15, -0.1) is 0 Å². The van der Waals surface area contributed by atoms with E-state index in [9.17, 15) is 19.7 Å². The van der Waals surface area contributed by atoms with Crippen molar-refractivity contribution in [1.82, 2.24) is 15.1 Å². The van der Waals surface area contributed by atoms with Gasteiger partial charge in [-0.05, 0) is 36.8 Å². The van der Waals surface area contributed by atoms with Crippen molar-refractivity contribution in [1.29, 1.82) is 0 Å². The molecule has 3 rings (SSSR count). The molecule has 0 aliphatic carbocycles. The summed E-state index contributed by atoms with van der Waals surface area (Å²) in [6.45, 7) is 1.62. The monoisotopic (exact) mass is 409 g/mol. The lowest BCUT2D eigenvalue weighted by Gasteiger charge is -2.11. The van der Waals surface area contributed by atoms with Crippen LogP contribution in [0, 0.1) is 17.0 Å². The molecule has 1 heterocycles. The number of methoxy groups -OCH3 is 1. The second-order valence-electron chi connectivity index (χ2n) is 6.36. The van der Waals surface area contributed by atoms with Gasteiger partial charge < -0.3 is 15.4 Å². The van der Waals surface area contributed by atoms with Gasteiger partial charge in [-0.2, -0.15) is 5.10 Å². The third-order valence-corrected chi connectivity index (χ3v) is 4.17. The number of hydrogen-bond donors (Lipinski definition) is 2. The van der Waals surface area contributed by atoms with Gasteiger partial charge in [-0.1, -0.05) is 12.1 Å². The molecule has 0 aliphatic rings. The minimum Gasteiger partial charge on any atom is -0.495 e. The summed E-state index contributed by atoms with van der Waals surface area (Å²) in [5.41, 5.74) is 1.88. The molecule has 10 heteroatoms. The molecule has 0 saturated heterocycles. The van der Waals surface area contributed by atoms with Crippen LogP contribution in [0.2, 0.25) is 0 Å². The number of anilines is 1. The standard InChI is InChI=1S/C20H19N5O5/c1-13-6-7-18(30-2)17(10-13)22-19(26)12-21-20(27)16-8-9-24(23-16)14-4-3-5-15(11-14)25(28)29/h3-11H,12H2,1-2H3,(H,21,27)(H,22,26). The third kappa shape index (κ3) is 4.79. The van der Waals surface area contributed by atoms with Crippen molar-refractivity contribution in [3.63, 3.8) is 0 Å². The van der Waals surface area contributed by atoms with Gasteiger partial charge in [0.15, 0.2) is 5.69 Å². The molecule has 2 N–H and O–H groups in total. The highest BCUT2D eigenvalue weighted by atomic mass is 16.6. The number of rotatable bonds is 7. The molecular formula is C20H19N5O5. The van der Waals surface area contributed by atoms with Crippen LogP contribution in [0.1, 0.15) is 16.1 Å². The minimum atomic E-state index is -0.550. The zero-order chi connectivity index (χ0) is 21.7. The lowest BCUT2D eigenvalue weighted by atomic mass is 10.2. The van der Waals surface area contributed by atoms with Gasteiger partial charge in [-0.25, -0.2) is 4.68 Å². The second-order valence-corrected chi connectivity index (χ2v) is 6.36. The Morgan fingerprint density at radius 3 is 2.73 bits per heavy atom. The molecule has 0 atom stereocenters. The Bertz CT molecular complexity index is 1110. The van der Waals surface area contributed by atoms with E-state index < -0.39 is 16.7 Å². The lowest BCUT2D eigenvalue weighted by Crippen LogP contribution is -2.33. The van der Waals surface area contributed by atoms with Gasteiger partial charge in [-0.3, -0.25) is 19.7 Å². The summed E-state index contributed by atoms with van der Waals surface area (Å²) in [6, 6.07) is 12.7. The average molecular weight is 409 g/mol. The van der Waals surface area contributed by atoms with Gasteiger partial charge >= 0.3 is 0 Å². The Balaban J connectivity index is 1.62. The Labute approximate surface area is 171 Å². The maximum Gasteiger partial charge on any atom is 0.272 e. The van der Waals surface area contributed by atoms with E-state index in [0.29, 0.717) is 17.1 Å². The van der Waals surface area contributed by atoms with Crippen LogP contribution < -0.4 is 15.4 Å². The van der Waals surface area contributed by atoms with Crippen molar-refractivity contribution < 1.29 is 19.2 Å². The van der Waals surface area contributed by atoms with Crippen molar-refractivity contribution in [2.24, 2.45) is 0 Å². The molecular weight excluding hydrogens is 390 g/mol. The molecule has 0 spiro atoms. The van der Waals surface area contributed by atoms with E-state index in [1.807, 2.05) is 13.0 Å². The molecule has 1 aromatic heterocycles. The largest absolute Gasteiger partial charge is 0.495 e. The molecule has 30 heavy (non-hydrogen) atoms. The number of nitro benzene ring substituents is 1. The van der Waals surface area contributed by atoms with Crippen LogP contribution in [0.3, 0.4) is 0 Å². The number of benzene rings is 2. The summed E-state index contributed by atoms with van der Waals surface area (Å²) < 4.78 is 6.55. The van der Waals surface area contributed by atoms with Gasteiger partial charge in [0.1, 0.15) is 5.75 Å². The van der Waals surface area contributed by atoms with Crippen LogP contribution in [-0.4, -0.2) is 40.2 Å². The number of non-ortho nitro benzene ring substituents is 1. The van der Waals surface area contributed by atoms with E-state index in [1.165, 1.54) is 42.3 Å². The van der Waals surface area contributed by atoms with E-state index in [0.717, 1.165) is 5.56 Å². The number of carbonyl (C=O) groups excluding carboxylic acids is 2. The molecule has 154 valence electrons. The molecule has 3 aromatic rings. The molecule has 10 nitrogen and oxygen atoms in total. The van der Waals surface area contributed by atoms with E-state index >= 15 is 0 Å². The molecule has 0 radical (unpaired) electrons. The fraction of sp³-hybridized carbons (Fsp3) is 0.150. The minimum absolute atomic E-state index is 0.0717. The average Bonchev–Trinajstić information content (AvgIpc) is 3.23. The Hall–Kier alpha value is -4.21. The van der Waals surface area contributed by atoms with E-state index in [2.05, 4.69) is 15.7 Å². The second kappa shape index (κ2) is 8.86. The summed E-state index contributed by atoms with van der Waals surface area (Å²) in [6.07, 6.45) is 1.51. The molecule has 2 amide bonds. The smallest absolute Gasteiger partial charge is 0.272 e. The molecule has 0 saturated carbocycles. The van der Waals surface area contributed by atoms with E-state index in [-0.39, 0.29) is 17.9 Å². The summed E-state index contributed by atoms with van der Waals surface area (Å²) in [5, 5.41) is 20.2. The third-order valence-electron chi connectivity index (χ3n) is 4.17. The zero-order valence-corrected chi connectivity index (χ0v) is 16.3. The topological polar surface area (TPSA) is 128 Å². The first-order valence-electron chi connectivity index (χ1n) is 8.90. The van der Waals surface area contributed by atoms with Crippen LogP contribution >= 0.6 is 0 Å². The quantitative estimate of drug-likeness (QED) is 0.456. The molecule has 0 unspecified atom stereocenters. The number of nitrogens with one attached hydrogen (secondary N) is 2. The van der Waals surface area contributed by atoms with Gasteiger partial charge in [0.25, 0.3) is 11.6 Å². The summed E-state index contributed by atoms with van der Waals surface area (Å²) in [4.78, 5) is 34.9. The Morgan fingerprint density at radius 1 is 1.20 bits per heavy atom. The number of nitro groups is 1. The summed E-state index contributed by atoms with van der Waals surface area (Å²) in [7, 11) is 1.50. The van der Waals surface area contributed by atoms with Gasteiger partial charge in [0.05, 0.1) is 30.0 Å². The zero-order valence-electron chi connectivity index (χ0n) is 16.3. The Kier molecular flexibility index (Phi) is 6.06. The first kappa shape index (κ1) is 20.5. The fourth-order valence-corrected chi connectivity index (χ4v) is 2.70. The summed E-state index contributed by atoms with van der Waals surface area (Å²) in [5.74, 6) is -0.466. The lowest BCUT2D eigenvalue weighted by molar-refractivity contribution is -0.384. The van der Waals surface area contributed by atoms with E-state index in [1.54, 1.807) is 18.2 Å². The highest BCUT2D eigenvalue weighted by molar-refractivity contribution is 5.99.